The van der Waals surface area contributed by atoms with Crippen LogP contribution >= 0.6 is 0 Å². The summed E-state index contributed by atoms with van der Waals surface area (Å²) in [6.45, 7) is 0. The molecule has 4 heteroatoms. The smallest absolute Gasteiger partial charge is 0.347 e. The summed E-state index contributed by atoms with van der Waals surface area (Å²) in [7, 11) is 0. The molecule has 0 saturated carbocycles. The molecular formula is C22H16O4. The van der Waals surface area contributed by atoms with Crippen molar-refractivity contribution < 1.29 is 19.1 Å². The minimum absolute atomic E-state index is 0.149. The van der Waals surface area contributed by atoms with E-state index in [-0.39, 0.29) is 11.3 Å². The molecule has 0 fully saturated rings. The highest BCUT2D eigenvalue weighted by Crippen LogP contribution is 2.21. The van der Waals surface area contributed by atoms with Crippen LogP contribution in [-0.2, 0) is 4.79 Å². The summed E-state index contributed by atoms with van der Waals surface area (Å²) in [4.78, 5) is 24.4. The van der Waals surface area contributed by atoms with E-state index < -0.39 is 11.9 Å². The molecule has 0 aliphatic rings. The lowest BCUT2D eigenvalue weighted by atomic mass is 10.2. The van der Waals surface area contributed by atoms with Gasteiger partial charge in [-0.05, 0) is 35.9 Å². The molecule has 0 N–H and O–H groups in total. The van der Waals surface area contributed by atoms with Crippen molar-refractivity contribution in [2.24, 2.45) is 0 Å². The second-order valence-electron chi connectivity index (χ2n) is 5.36. The fourth-order valence-corrected chi connectivity index (χ4v) is 2.25. The number of carbonyl (C=O) groups excluding carboxylic acids is 2. The average Bonchev–Trinajstić information content (AvgIpc) is 2.68. The van der Waals surface area contributed by atoms with E-state index in [0.717, 1.165) is 5.56 Å². The number of esters is 2. The zero-order valence-corrected chi connectivity index (χ0v) is 13.9. The first-order valence-electron chi connectivity index (χ1n) is 8.03. The Morgan fingerprint density at radius 2 is 1.31 bits per heavy atom. The van der Waals surface area contributed by atoms with Crippen molar-refractivity contribution in [2.75, 3.05) is 0 Å². The summed E-state index contributed by atoms with van der Waals surface area (Å²) < 4.78 is 10.6. The fraction of sp³-hybridized carbons (Fsp3) is 0. The fourth-order valence-electron chi connectivity index (χ4n) is 2.25. The largest absolute Gasteiger partial charge is 0.423 e. The van der Waals surface area contributed by atoms with Crippen molar-refractivity contribution in [2.45, 2.75) is 0 Å². The van der Waals surface area contributed by atoms with Crippen molar-refractivity contribution in [3.8, 4) is 11.5 Å². The Morgan fingerprint density at radius 1 is 0.692 bits per heavy atom. The van der Waals surface area contributed by atoms with Crippen LogP contribution in [0, 0.1) is 0 Å². The monoisotopic (exact) mass is 344 g/mol. The second kappa shape index (κ2) is 8.44. The SMILES string of the molecule is O=C(C=Cc1ccccc1)Oc1ccccc1C(=O)Oc1ccccc1. The van der Waals surface area contributed by atoms with Crippen LogP contribution in [0.2, 0.25) is 0 Å². The molecule has 0 aliphatic carbocycles. The Morgan fingerprint density at radius 3 is 2.04 bits per heavy atom. The van der Waals surface area contributed by atoms with Gasteiger partial charge in [0.2, 0.25) is 0 Å². The first-order chi connectivity index (χ1) is 12.7. The highest BCUT2D eigenvalue weighted by Gasteiger charge is 2.16. The Kier molecular flexibility index (Phi) is 5.58. The topological polar surface area (TPSA) is 52.6 Å². The number of hydrogen-bond acceptors (Lipinski definition) is 4. The maximum atomic E-state index is 12.4. The van der Waals surface area contributed by atoms with Gasteiger partial charge in [-0.2, -0.15) is 0 Å². The van der Waals surface area contributed by atoms with E-state index in [9.17, 15) is 9.59 Å². The molecule has 26 heavy (non-hydrogen) atoms. The molecule has 0 radical (unpaired) electrons. The summed E-state index contributed by atoms with van der Waals surface area (Å²) in [6.07, 6.45) is 2.96. The molecule has 4 nitrogen and oxygen atoms in total. The van der Waals surface area contributed by atoms with Gasteiger partial charge in [-0.25, -0.2) is 9.59 Å². The van der Waals surface area contributed by atoms with Gasteiger partial charge < -0.3 is 9.47 Å². The molecule has 0 bridgehead atoms. The molecule has 3 aromatic rings. The van der Waals surface area contributed by atoms with Crippen LogP contribution in [0.25, 0.3) is 6.08 Å². The van der Waals surface area contributed by atoms with Crippen LogP contribution in [0.3, 0.4) is 0 Å². The molecule has 0 amide bonds. The Balaban J connectivity index is 1.71. The lowest BCUT2D eigenvalue weighted by Gasteiger charge is -2.08. The molecule has 0 atom stereocenters. The quantitative estimate of drug-likeness (QED) is 0.388. The van der Waals surface area contributed by atoms with Crippen molar-refractivity contribution in [3.05, 3.63) is 102 Å². The van der Waals surface area contributed by atoms with E-state index in [1.807, 2.05) is 36.4 Å². The van der Waals surface area contributed by atoms with E-state index in [4.69, 9.17) is 9.47 Å². The summed E-state index contributed by atoms with van der Waals surface area (Å²) in [5.74, 6) is -0.598. The Hall–Kier alpha value is -3.66. The Bertz CT molecular complexity index is 915. The molecule has 3 aromatic carbocycles. The first-order valence-corrected chi connectivity index (χ1v) is 8.03. The van der Waals surface area contributed by atoms with Gasteiger partial charge in [-0.15, -0.1) is 0 Å². The van der Waals surface area contributed by atoms with Gasteiger partial charge in [0.15, 0.2) is 0 Å². The van der Waals surface area contributed by atoms with E-state index >= 15 is 0 Å². The van der Waals surface area contributed by atoms with Crippen molar-refractivity contribution in [1.82, 2.24) is 0 Å². The zero-order chi connectivity index (χ0) is 18.2. The first kappa shape index (κ1) is 17.2. The summed E-state index contributed by atoms with van der Waals surface area (Å²) >= 11 is 0. The average molecular weight is 344 g/mol. The molecule has 128 valence electrons. The predicted octanol–water partition coefficient (Wildman–Crippen LogP) is 4.52. The van der Waals surface area contributed by atoms with Gasteiger partial charge in [0.25, 0.3) is 0 Å². The number of benzene rings is 3. The molecule has 0 saturated heterocycles. The maximum Gasteiger partial charge on any atom is 0.347 e. The standard InChI is InChI=1S/C22H16O4/c23-21(16-15-17-9-3-1-4-10-17)26-20-14-8-7-13-19(20)22(24)25-18-11-5-2-6-12-18/h1-16H. The van der Waals surface area contributed by atoms with E-state index in [0.29, 0.717) is 5.75 Å². The van der Waals surface area contributed by atoms with Gasteiger partial charge in [-0.1, -0.05) is 60.7 Å². The number of ether oxygens (including phenoxy) is 2. The van der Waals surface area contributed by atoms with E-state index in [1.54, 1.807) is 54.6 Å². The Labute approximate surface area is 151 Å². The predicted molar refractivity (Wildman–Crippen MR) is 99.0 cm³/mol. The summed E-state index contributed by atoms with van der Waals surface area (Å²) in [5, 5.41) is 0. The summed E-state index contributed by atoms with van der Waals surface area (Å²) in [6, 6.07) is 24.6. The number of para-hydroxylation sites is 2. The van der Waals surface area contributed by atoms with Crippen molar-refractivity contribution in [1.29, 1.82) is 0 Å². The molecular weight excluding hydrogens is 328 g/mol. The minimum Gasteiger partial charge on any atom is -0.423 e. The molecule has 3 rings (SSSR count). The molecule has 0 heterocycles. The van der Waals surface area contributed by atoms with Gasteiger partial charge >= 0.3 is 11.9 Å². The van der Waals surface area contributed by atoms with Crippen LogP contribution in [0.5, 0.6) is 11.5 Å². The lowest BCUT2D eigenvalue weighted by Crippen LogP contribution is -2.13. The van der Waals surface area contributed by atoms with E-state index in [1.165, 1.54) is 6.08 Å². The minimum atomic E-state index is -0.591. The number of hydrogen-bond donors (Lipinski definition) is 0. The van der Waals surface area contributed by atoms with Crippen molar-refractivity contribution in [3.63, 3.8) is 0 Å². The third-order valence-corrected chi connectivity index (χ3v) is 3.48. The van der Waals surface area contributed by atoms with Crippen LogP contribution in [0.4, 0.5) is 0 Å². The second-order valence-corrected chi connectivity index (χ2v) is 5.36. The van der Waals surface area contributed by atoms with Crippen LogP contribution in [-0.4, -0.2) is 11.9 Å². The van der Waals surface area contributed by atoms with Gasteiger partial charge in [-0.3, -0.25) is 0 Å². The molecule has 0 aromatic heterocycles. The van der Waals surface area contributed by atoms with Gasteiger partial charge in [0.05, 0.1) is 0 Å². The zero-order valence-electron chi connectivity index (χ0n) is 13.9. The van der Waals surface area contributed by atoms with Crippen LogP contribution in [0.15, 0.2) is 91.0 Å². The highest BCUT2D eigenvalue weighted by molar-refractivity contribution is 5.96. The third-order valence-electron chi connectivity index (χ3n) is 3.48. The molecule has 0 spiro atoms. The number of carbonyl (C=O) groups is 2. The highest BCUT2D eigenvalue weighted by atomic mass is 16.5. The maximum absolute atomic E-state index is 12.4. The van der Waals surface area contributed by atoms with Gasteiger partial charge in [0, 0.05) is 6.08 Å². The van der Waals surface area contributed by atoms with E-state index in [2.05, 4.69) is 0 Å². The molecule has 0 aliphatic heterocycles. The lowest BCUT2D eigenvalue weighted by molar-refractivity contribution is -0.128. The number of rotatable bonds is 5. The third kappa shape index (κ3) is 4.68. The summed E-state index contributed by atoms with van der Waals surface area (Å²) in [5.41, 5.74) is 1.05. The van der Waals surface area contributed by atoms with Crippen molar-refractivity contribution >= 4 is 18.0 Å². The molecule has 0 unspecified atom stereocenters. The van der Waals surface area contributed by atoms with Crippen LogP contribution in [0.1, 0.15) is 15.9 Å². The van der Waals surface area contributed by atoms with Gasteiger partial charge in [0.1, 0.15) is 17.1 Å². The normalized spacial score (nSPS) is 10.5. The van der Waals surface area contributed by atoms with Crippen LogP contribution < -0.4 is 9.47 Å².